The normalized spacial score (nSPS) is 11.1. The Morgan fingerprint density at radius 1 is 1.15 bits per heavy atom. The van der Waals surface area contributed by atoms with Gasteiger partial charge in [0.05, 0.1) is 6.54 Å². The topological polar surface area (TPSA) is 69.3 Å². The summed E-state index contributed by atoms with van der Waals surface area (Å²) in [7, 11) is 0. The van der Waals surface area contributed by atoms with Crippen LogP contribution in [0.1, 0.15) is 47.2 Å². The predicted molar refractivity (Wildman–Crippen MR) is 124 cm³/mol. The summed E-state index contributed by atoms with van der Waals surface area (Å²) in [5, 5.41) is 7.09. The fourth-order valence-electron chi connectivity index (χ4n) is 3.21. The van der Waals surface area contributed by atoms with Crippen LogP contribution in [-0.4, -0.2) is 15.7 Å². The first kappa shape index (κ1) is 22.6. The molecule has 6 nitrogen and oxygen atoms in total. The van der Waals surface area contributed by atoms with Crippen LogP contribution in [0.5, 0.6) is 5.75 Å². The third-order valence-corrected chi connectivity index (χ3v) is 5.33. The van der Waals surface area contributed by atoms with E-state index in [2.05, 4.69) is 24.3 Å². The maximum Gasteiger partial charge on any atom is 0.292 e. The van der Waals surface area contributed by atoms with E-state index < -0.39 is 5.91 Å². The van der Waals surface area contributed by atoms with Gasteiger partial charge in [-0.2, -0.15) is 5.10 Å². The molecule has 0 saturated heterocycles. The van der Waals surface area contributed by atoms with Gasteiger partial charge in [-0.1, -0.05) is 55.8 Å². The van der Waals surface area contributed by atoms with Crippen LogP contribution in [0, 0.1) is 5.82 Å². The third kappa shape index (κ3) is 5.62. The molecule has 0 radical (unpaired) electrons. The van der Waals surface area contributed by atoms with Crippen LogP contribution >= 0.6 is 11.6 Å². The number of anilines is 1. The lowest BCUT2D eigenvalue weighted by atomic mass is 10.0. The number of nitrogens with one attached hydrogen (secondary N) is 1. The van der Waals surface area contributed by atoms with Crippen molar-refractivity contribution in [1.82, 2.24) is 9.78 Å². The summed E-state index contributed by atoms with van der Waals surface area (Å²) in [6.07, 6.45) is 1.52. The van der Waals surface area contributed by atoms with Crippen molar-refractivity contribution in [3.63, 3.8) is 0 Å². The lowest BCUT2D eigenvalue weighted by Crippen LogP contribution is -2.12. The standard InChI is InChI=1S/C25H23ClFN3O3/c1-16(2)17-7-9-19(10-8-17)32-15-20-11-12-23(33-20)25(31)28-24-21(26)14-30(29-24)13-18-5-3-4-6-22(18)27/h3-12,14,16H,13,15H2,1-2H3,(H,28,29,31). The first-order valence-electron chi connectivity index (χ1n) is 10.5. The van der Waals surface area contributed by atoms with E-state index in [9.17, 15) is 9.18 Å². The molecule has 0 unspecified atom stereocenters. The molecule has 0 bridgehead atoms. The Morgan fingerprint density at radius 2 is 1.91 bits per heavy atom. The largest absolute Gasteiger partial charge is 0.486 e. The molecule has 8 heteroatoms. The minimum atomic E-state index is -0.499. The molecular formula is C25H23ClFN3O3. The minimum absolute atomic E-state index is 0.100. The van der Waals surface area contributed by atoms with E-state index in [1.807, 2.05) is 24.3 Å². The first-order chi connectivity index (χ1) is 15.9. The van der Waals surface area contributed by atoms with Gasteiger partial charge in [-0.05, 0) is 41.8 Å². The number of carbonyl (C=O) groups is 1. The van der Waals surface area contributed by atoms with Crippen LogP contribution < -0.4 is 10.1 Å². The van der Waals surface area contributed by atoms with Gasteiger partial charge in [0.1, 0.15) is 29.0 Å². The zero-order valence-electron chi connectivity index (χ0n) is 18.2. The van der Waals surface area contributed by atoms with Gasteiger partial charge in [0.25, 0.3) is 5.91 Å². The molecule has 0 atom stereocenters. The van der Waals surface area contributed by atoms with Gasteiger partial charge in [0, 0.05) is 11.8 Å². The van der Waals surface area contributed by atoms with Crippen molar-refractivity contribution in [2.75, 3.05) is 5.32 Å². The smallest absolute Gasteiger partial charge is 0.292 e. The Bertz CT molecular complexity index is 1250. The molecule has 2 aromatic heterocycles. The highest BCUT2D eigenvalue weighted by molar-refractivity contribution is 6.33. The highest BCUT2D eigenvalue weighted by Crippen LogP contribution is 2.23. The molecule has 170 valence electrons. The number of halogens is 2. The van der Waals surface area contributed by atoms with Gasteiger partial charge in [-0.3, -0.25) is 9.48 Å². The average Bonchev–Trinajstić information content (AvgIpc) is 3.41. The van der Waals surface area contributed by atoms with Crippen LogP contribution in [0.15, 0.2) is 71.3 Å². The van der Waals surface area contributed by atoms with Crippen LogP contribution in [0.4, 0.5) is 10.2 Å². The lowest BCUT2D eigenvalue weighted by Gasteiger charge is -2.08. The number of aromatic nitrogens is 2. The molecule has 4 aromatic rings. The zero-order chi connectivity index (χ0) is 23.4. The maximum absolute atomic E-state index is 13.9. The van der Waals surface area contributed by atoms with Gasteiger partial charge >= 0.3 is 0 Å². The zero-order valence-corrected chi connectivity index (χ0v) is 19.0. The lowest BCUT2D eigenvalue weighted by molar-refractivity contribution is 0.0992. The second-order valence-electron chi connectivity index (χ2n) is 7.85. The molecular weight excluding hydrogens is 445 g/mol. The number of hydrogen-bond acceptors (Lipinski definition) is 4. The molecule has 33 heavy (non-hydrogen) atoms. The van der Waals surface area contributed by atoms with Crippen LogP contribution in [-0.2, 0) is 13.2 Å². The van der Waals surface area contributed by atoms with Gasteiger partial charge in [0.2, 0.25) is 0 Å². The summed E-state index contributed by atoms with van der Waals surface area (Å²) in [4.78, 5) is 12.6. The first-order valence-corrected chi connectivity index (χ1v) is 10.9. The second kappa shape index (κ2) is 9.92. The van der Waals surface area contributed by atoms with E-state index in [0.29, 0.717) is 23.0 Å². The Balaban J connectivity index is 1.35. The highest BCUT2D eigenvalue weighted by Gasteiger charge is 2.16. The van der Waals surface area contributed by atoms with E-state index in [0.717, 1.165) is 0 Å². The Labute approximate surface area is 195 Å². The number of hydrogen-bond donors (Lipinski definition) is 1. The number of carbonyl (C=O) groups excluding carboxylic acids is 1. The van der Waals surface area contributed by atoms with Crippen molar-refractivity contribution in [2.45, 2.75) is 32.9 Å². The SMILES string of the molecule is CC(C)c1ccc(OCc2ccc(C(=O)Nc3nn(Cc4ccccc4F)cc3Cl)o2)cc1. The Morgan fingerprint density at radius 3 is 2.64 bits per heavy atom. The van der Waals surface area contributed by atoms with Crippen LogP contribution in [0.25, 0.3) is 0 Å². The van der Waals surface area contributed by atoms with E-state index in [4.69, 9.17) is 20.8 Å². The fraction of sp³-hybridized carbons (Fsp3) is 0.200. The van der Waals surface area contributed by atoms with Crippen molar-refractivity contribution < 1.29 is 18.3 Å². The van der Waals surface area contributed by atoms with Gasteiger partial charge in [-0.25, -0.2) is 4.39 Å². The molecule has 0 aliphatic carbocycles. The number of nitrogens with zero attached hydrogens (tertiary/aromatic N) is 2. The molecule has 1 N–H and O–H groups in total. The quantitative estimate of drug-likeness (QED) is 0.331. The van der Waals surface area contributed by atoms with Crippen LogP contribution in [0.2, 0.25) is 5.02 Å². The van der Waals surface area contributed by atoms with Crippen molar-refractivity contribution in [1.29, 1.82) is 0 Å². The number of rotatable bonds is 8. The molecule has 0 saturated carbocycles. The minimum Gasteiger partial charge on any atom is -0.486 e. The molecule has 1 amide bonds. The molecule has 2 aromatic carbocycles. The van der Waals surface area contributed by atoms with Gasteiger partial charge in [-0.15, -0.1) is 0 Å². The Hall–Kier alpha value is -3.58. The predicted octanol–water partition coefficient (Wildman–Crippen LogP) is 6.27. The van der Waals surface area contributed by atoms with E-state index >= 15 is 0 Å². The summed E-state index contributed by atoms with van der Waals surface area (Å²) < 4.78 is 26.7. The molecule has 0 fully saturated rings. The Kier molecular flexibility index (Phi) is 6.79. The van der Waals surface area contributed by atoms with Gasteiger partial charge in [0.15, 0.2) is 11.6 Å². The number of benzene rings is 2. The number of furan rings is 1. The van der Waals surface area contributed by atoms with Crippen molar-refractivity contribution >= 4 is 23.3 Å². The van der Waals surface area contributed by atoms with Crippen molar-refractivity contribution in [3.8, 4) is 5.75 Å². The highest BCUT2D eigenvalue weighted by atomic mass is 35.5. The van der Waals surface area contributed by atoms with Crippen LogP contribution in [0.3, 0.4) is 0 Å². The maximum atomic E-state index is 13.9. The summed E-state index contributed by atoms with van der Waals surface area (Å²) in [5.41, 5.74) is 1.69. The molecule has 0 aliphatic rings. The van der Waals surface area contributed by atoms with E-state index in [1.165, 1.54) is 22.5 Å². The summed E-state index contributed by atoms with van der Waals surface area (Å²) in [6.45, 7) is 4.63. The van der Waals surface area contributed by atoms with Gasteiger partial charge < -0.3 is 14.5 Å². The average molecular weight is 468 g/mol. The number of ether oxygens (including phenoxy) is 1. The molecule has 4 rings (SSSR count). The number of amides is 1. The summed E-state index contributed by atoms with van der Waals surface area (Å²) in [6, 6.07) is 17.5. The molecule has 0 spiro atoms. The van der Waals surface area contributed by atoms with Crippen molar-refractivity contribution in [2.24, 2.45) is 0 Å². The summed E-state index contributed by atoms with van der Waals surface area (Å²) in [5.74, 6) is 1.10. The van der Waals surface area contributed by atoms with E-state index in [1.54, 1.807) is 30.3 Å². The molecule has 0 aliphatic heterocycles. The van der Waals surface area contributed by atoms with Crippen molar-refractivity contribution in [3.05, 3.63) is 100 Å². The second-order valence-corrected chi connectivity index (χ2v) is 8.25. The summed E-state index contributed by atoms with van der Waals surface area (Å²) >= 11 is 6.19. The fourth-order valence-corrected chi connectivity index (χ4v) is 3.41. The third-order valence-electron chi connectivity index (χ3n) is 5.05. The monoisotopic (exact) mass is 467 g/mol. The van der Waals surface area contributed by atoms with E-state index in [-0.39, 0.29) is 35.6 Å². The molecule has 2 heterocycles.